The molecule has 29 heavy (non-hydrogen) atoms. The van der Waals surface area contributed by atoms with Gasteiger partial charge < -0.3 is 9.42 Å². The summed E-state index contributed by atoms with van der Waals surface area (Å²) in [5, 5.41) is 8.28. The SMILES string of the molecule is Cc1nn(C)c(C)c1S(=O)(=O)N1CCCN(C(=O)c2noc3c2CCCC3)CC1. The van der Waals surface area contributed by atoms with Crippen molar-refractivity contribution < 1.29 is 17.7 Å². The van der Waals surface area contributed by atoms with Crippen LogP contribution in [0.15, 0.2) is 9.42 Å². The third-order valence-electron chi connectivity index (χ3n) is 5.94. The molecule has 0 radical (unpaired) electrons. The van der Waals surface area contributed by atoms with E-state index in [1.165, 1.54) is 4.31 Å². The van der Waals surface area contributed by atoms with E-state index in [1.807, 2.05) is 0 Å². The number of sulfonamides is 1. The first kappa shape index (κ1) is 20.1. The summed E-state index contributed by atoms with van der Waals surface area (Å²) in [7, 11) is -1.93. The van der Waals surface area contributed by atoms with Crippen LogP contribution in [-0.4, -0.2) is 64.6 Å². The van der Waals surface area contributed by atoms with Gasteiger partial charge in [-0.2, -0.15) is 9.40 Å². The minimum atomic E-state index is -3.67. The second-order valence-electron chi connectivity index (χ2n) is 7.81. The molecule has 2 aromatic rings. The van der Waals surface area contributed by atoms with E-state index in [9.17, 15) is 13.2 Å². The van der Waals surface area contributed by atoms with Gasteiger partial charge in [0.1, 0.15) is 10.7 Å². The highest BCUT2D eigenvalue weighted by Gasteiger charge is 2.34. The van der Waals surface area contributed by atoms with Gasteiger partial charge in [-0.25, -0.2) is 8.42 Å². The molecule has 0 spiro atoms. The first-order valence-corrected chi connectivity index (χ1v) is 11.5. The van der Waals surface area contributed by atoms with Gasteiger partial charge in [-0.15, -0.1) is 0 Å². The maximum absolute atomic E-state index is 13.2. The molecule has 0 N–H and O–H groups in total. The van der Waals surface area contributed by atoms with Crippen LogP contribution in [0.3, 0.4) is 0 Å². The van der Waals surface area contributed by atoms with Gasteiger partial charge in [0.2, 0.25) is 10.0 Å². The third kappa shape index (κ3) is 3.48. The predicted molar refractivity (Wildman–Crippen MR) is 105 cm³/mol. The maximum Gasteiger partial charge on any atom is 0.276 e. The summed E-state index contributed by atoms with van der Waals surface area (Å²) >= 11 is 0. The number of rotatable bonds is 3. The van der Waals surface area contributed by atoms with Crippen LogP contribution in [0.1, 0.15) is 52.5 Å². The molecule has 0 atom stereocenters. The van der Waals surface area contributed by atoms with E-state index in [0.29, 0.717) is 43.1 Å². The Morgan fingerprint density at radius 2 is 1.79 bits per heavy atom. The van der Waals surface area contributed by atoms with Crippen LogP contribution in [0.4, 0.5) is 0 Å². The Labute approximate surface area is 170 Å². The van der Waals surface area contributed by atoms with Crippen molar-refractivity contribution in [3.05, 3.63) is 28.4 Å². The molecule has 158 valence electrons. The minimum Gasteiger partial charge on any atom is -0.360 e. The third-order valence-corrected chi connectivity index (χ3v) is 8.09. The highest BCUT2D eigenvalue weighted by Crippen LogP contribution is 2.27. The fourth-order valence-electron chi connectivity index (χ4n) is 4.30. The average molecular weight is 422 g/mol. The van der Waals surface area contributed by atoms with Crippen molar-refractivity contribution in [2.24, 2.45) is 7.05 Å². The molecule has 0 saturated carbocycles. The number of amides is 1. The van der Waals surface area contributed by atoms with Crippen LogP contribution in [-0.2, 0) is 29.9 Å². The largest absolute Gasteiger partial charge is 0.360 e. The molecule has 3 heterocycles. The zero-order chi connectivity index (χ0) is 20.8. The Morgan fingerprint density at radius 1 is 1.03 bits per heavy atom. The zero-order valence-corrected chi connectivity index (χ0v) is 18.0. The van der Waals surface area contributed by atoms with Crippen LogP contribution in [0.25, 0.3) is 0 Å². The molecule has 0 bridgehead atoms. The number of aryl methyl sites for hydroxylation is 3. The predicted octanol–water partition coefficient (Wildman–Crippen LogP) is 1.44. The molecule has 2 aromatic heterocycles. The first-order chi connectivity index (χ1) is 13.8. The summed E-state index contributed by atoms with van der Waals surface area (Å²) in [5.74, 6) is 0.658. The highest BCUT2D eigenvalue weighted by molar-refractivity contribution is 7.89. The molecule has 9 nitrogen and oxygen atoms in total. The van der Waals surface area contributed by atoms with Gasteiger partial charge in [-0.05, 0) is 39.5 Å². The summed E-state index contributed by atoms with van der Waals surface area (Å²) in [6.07, 6.45) is 4.30. The van der Waals surface area contributed by atoms with Gasteiger partial charge in [0, 0.05) is 45.2 Å². The smallest absolute Gasteiger partial charge is 0.276 e. The molecule has 0 aromatic carbocycles. The van der Waals surface area contributed by atoms with E-state index < -0.39 is 10.0 Å². The second-order valence-corrected chi connectivity index (χ2v) is 9.69. The highest BCUT2D eigenvalue weighted by atomic mass is 32.2. The molecule has 1 fully saturated rings. The lowest BCUT2D eigenvalue weighted by atomic mass is 9.96. The van der Waals surface area contributed by atoms with Crippen LogP contribution in [0, 0.1) is 13.8 Å². The van der Waals surface area contributed by atoms with E-state index in [-0.39, 0.29) is 17.3 Å². The average Bonchev–Trinajstić information content (AvgIpc) is 3.10. The van der Waals surface area contributed by atoms with Crippen molar-refractivity contribution >= 4 is 15.9 Å². The van der Waals surface area contributed by atoms with Crippen molar-refractivity contribution in [1.29, 1.82) is 0 Å². The lowest BCUT2D eigenvalue weighted by Crippen LogP contribution is -2.38. The fourth-order valence-corrected chi connectivity index (χ4v) is 6.17. The summed E-state index contributed by atoms with van der Waals surface area (Å²) in [4.78, 5) is 15.0. The lowest BCUT2D eigenvalue weighted by Gasteiger charge is -2.22. The van der Waals surface area contributed by atoms with Crippen molar-refractivity contribution in [2.75, 3.05) is 26.2 Å². The number of hydrogen-bond acceptors (Lipinski definition) is 6. The van der Waals surface area contributed by atoms with Crippen LogP contribution in [0.5, 0.6) is 0 Å². The normalized spacial score (nSPS) is 18.5. The molecule has 1 aliphatic heterocycles. The molecule has 10 heteroatoms. The molecular formula is C19H27N5O4S. The number of hydrogen-bond donors (Lipinski definition) is 0. The van der Waals surface area contributed by atoms with Crippen molar-refractivity contribution in [3.8, 4) is 0 Å². The monoisotopic (exact) mass is 421 g/mol. The van der Waals surface area contributed by atoms with Gasteiger partial charge in [-0.3, -0.25) is 9.48 Å². The van der Waals surface area contributed by atoms with E-state index in [0.717, 1.165) is 37.0 Å². The Kier molecular flexibility index (Phi) is 5.24. The Bertz CT molecular complexity index is 1040. The molecule has 0 unspecified atom stereocenters. The molecule has 1 saturated heterocycles. The van der Waals surface area contributed by atoms with Gasteiger partial charge in [0.15, 0.2) is 5.69 Å². The van der Waals surface area contributed by atoms with E-state index in [1.54, 1.807) is 30.5 Å². The van der Waals surface area contributed by atoms with E-state index >= 15 is 0 Å². The van der Waals surface area contributed by atoms with Crippen LogP contribution in [0.2, 0.25) is 0 Å². The summed E-state index contributed by atoms with van der Waals surface area (Å²) < 4.78 is 34.9. The molecule has 1 amide bonds. The summed E-state index contributed by atoms with van der Waals surface area (Å²) in [5.41, 5.74) is 2.44. The zero-order valence-electron chi connectivity index (χ0n) is 17.1. The number of nitrogens with zero attached hydrogens (tertiary/aromatic N) is 5. The van der Waals surface area contributed by atoms with Crippen LogP contribution >= 0.6 is 0 Å². The number of aromatic nitrogens is 3. The quantitative estimate of drug-likeness (QED) is 0.743. The molecule has 2 aliphatic rings. The fraction of sp³-hybridized carbons (Fsp3) is 0.632. The molecule has 1 aliphatic carbocycles. The Morgan fingerprint density at radius 3 is 2.52 bits per heavy atom. The Balaban J connectivity index is 1.52. The van der Waals surface area contributed by atoms with Crippen LogP contribution < -0.4 is 0 Å². The lowest BCUT2D eigenvalue weighted by molar-refractivity contribution is 0.0753. The van der Waals surface area contributed by atoms with Crippen molar-refractivity contribution in [1.82, 2.24) is 24.1 Å². The van der Waals surface area contributed by atoms with E-state index in [2.05, 4.69) is 10.3 Å². The number of carbonyl (C=O) groups is 1. The standard InChI is InChI=1S/C19H27N5O4S/c1-13-18(14(2)22(3)20-13)29(26,27)24-10-6-9-23(11-12-24)19(25)17-15-7-4-5-8-16(15)28-21-17/h4-12H2,1-3H3. The molecular weight excluding hydrogens is 394 g/mol. The number of carbonyl (C=O) groups excluding carboxylic acids is 1. The van der Waals surface area contributed by atoms with Crippen molar-refractivity contribution in [2.45, 2.75) is 50.8 Å². The summed E-state index contributed by atoms with van der Waals surface area (Å²) in [6, 6.07) is 0. The van der Waals surface area contributed by atoms with Gasteiger partial charge >= 0.3 is 0 Å². The number of fused-ring (bicyclic) bond motifs is 1. The van der Waals surface area contributed by atoms with Gasteiger partial charge in [-0.1, -0.05) is 5.16 Å². The topological polar surface area (TPSA) is 102 Å². The Hall–Kier alpha value is -2.20. The minimum absolute atomic E-state index is 0.162. The van der Waals surface area contributed by atoms with Crippen molar-refractivity contribution in [3.63, 3.8) is 0 Å². The second kappa shape index (κ2) is 7.56. The van der Waals surface area contributed by atoms with Gasteiger partial charge in [0.05, 0.1) is 11.4 Å². The van der Waals surface area contributed by atoms with Gasteiger partial charge in [0.25, 0.3) is 5.91 Å². The first-order valence-electron chi connectivity index (χ1n) is 10.1. The molecule has 4 rings (SSSR count). The maximum atomic E-state index is 13.2. The van der Waals surface area contributed by atoms with E-state index in [4.69, 9.17) is 4.52 Å². The summed E-state index contributed by atoms with van der Waals surface area (Å²) in [6.45, 7) is 4.92.